The third-order valence-corrected chi connectivity index (χ3v) is 3.64. The van der Waals surface area contributed by atoms with Crippen LogP contribution in [0.5, 0.6) is 11.5 Å². The smallest absolute Gasteiger partial charge is 0.339 e. The number of carbonyl (C=O) groups excluding carboxylic acids is 1. The summed E-state index contributed by atoms with van der Waals surface area (Å²) in [6.45, 7) is 5.80. The van der Waals surface area contributed by atoms with Crippen LogP contribution in [-0.2, 0) is 9.53 Å². The predicted molar refractivity (Wildman–Crippen MR) is 82.9 cm³/mol. The number of hydrogen-bond donors (Lipinski definition) is 1. The Labute approximate surface area is 133 Å². The lowest BCUT2D eigenvalue weighted by molar-refractivity contribution is -0.153. The molecule has 1 N–H and O–H groups in total. The number of benzene rings is 1. The van der Waals surface area contributed by atoms with Crippen LogP contribution < -0.4 is 9.47 Å². The number of aliphatic hydroxyl groups is 1. The van der Waals surface area contributed by atoms with Gasteiger partial charge >= 0.3 is 5.97 Å². The van der Waals surface area contributed by atoms with Crippen molar-refractivity contribution in [1.82, 2.24) is 0 Å². The molecule has 0 saturated carbocycles. The first kappa shape index (κ1) is 17.8. The summed E-state index contributed by atoms with van der Waals surface area (Å²) >= 11 is 3.37. The van der Waals surface area contributed by atoms with E-state index < -0.39 is 12.1 Å². The van der Waals surface area contributed by atoms with E-state index in [1.165, 1.54) is 14.2 Å². The maximum Gasteiger partial charge on any atom is 0.339 e. The molecular weight excluding hydrogens is 340 g/mol. The summed E-state index contributed by atoms with van der Waals surface area (Å²) in [6.07, 6.45) is -1.36. The fraction of sp³-hybridized carbons (Fsp3) is 0.533. The largest absolute Gasteiger partial charge is 0.493 e. The highest BCUT2D eigenvalue weighted by Crippen LogP contribution is 2.45. The standard InChI is InChI=1S/C15H21BrO5/c1-6-21-15(18)12(17)9-7-10(16)13(19-4)14(20-5)11(9)8(2)3/h7-8,12,17H,6H2,1-5H3. The normalized spacial score (nSPS) is 12.2. The van der Waals surface area contributed by atoms with Gasteiger partial charge in [-0.1, -0.05) is 13.8 Å². The van der Waals surface area contributed by atoms with Crippen molar-refractivity contribution in [3.8, 4) is 11.5 Å². The van der Waals surface area contributed by atoms with E-state index in [0.29, 0.717) is 21.5 Å². The van der Waals surface area contributed by atoms with Crippen molar-refractivity contribution in [3.05, 3.63) is 21.7 Å². The van der Waals surface area contributed by atoms with Crippen LogP contribution in [0.1, 0.15) is 43.9 Å². The number of carbonyl (C=O) groups is 1. The molecule has 1 atom stereocenters. The van der Waals surface area contributed by atoms with Crippen molar-refractivity contribution in [2.45, 2.75) is 32.8 Å². The van der Waals surface area contributed by atoms with Crippen molar-refractivity contribution in [3.63, 3.8) is 0 Å². The average molecular weight is 361 g/mol. The summed E-state index contributed by atoms with van der Waals surface area (Å²) in [6, 6.07) is 1.66. The summed E-state index contributed by atoms with van der Waals surface area (Å²) in [7, 11) is 3.06. The number of esters is 1. The Balaban J connectivity index is 3.51. The number of rotatable bonds is 6. The molecule has 1 aromatic carbocycles. The monoisotopic (exact) mass is 360 g/mol. The van der Waals surface area contributed by atoms with Gasteiger partial charge in [-0.3, -0.25) is 0 Å². The van der Waals surface area contributed by atoms with E-state index in [1.807, 2.05) is 13.8 Å². The highest BCUT2D eigenvalue weighted by Gasteiger charge is 2.28. The van der Waals surface area contributed by atoms with E-state index in [-0.39, 0.29) is 12.5 Å². The maximum absolute atomic E-state index is 11.8. The van der Waals surface area contributed by atoms with Gasteiger partial charge in [-0.25, -0.2) is 4.79 Å². The molecule has 5 nitrogen and oxygen atoms in total. The molecule has 0 spiro atoms. The Kier molecular flexibility index (Phi) is 6.48. The van der Waals surface area contributed by atoms with Crippen molar-refractivity contribution < 1.29 is 24.1 Å². The van der Waals surface area contributed by atoms with Crippen LogP contribution in [0, 0.1) is 0 Å². The zero-order valence-electron chi connectivity index (χ0n) is 12.9. The van der Waals surface area contributed by atoms with Crippen molar-refractivity contribution in [1.29, 1.82) is 0 Å². The number of ether oxygens (including phenoxy) is 3. The lowest BCUT2D eigenvalue weighted by Crippen LogP contribution is -2.18. The molecule has 0 bridgehead atoms. The van der Waals surface area contributed by atoms with Crippen LogP contribution in [0.3, 0.4) is 0 Å². The second-order valence-corrected chi connectivity index (χ2v) is 5.59. The molecule has 1 aromatic rings. The predicted octanol–water partition coefficient (Wildman–Crippen LogP) is 3.19. The fourth-order valence-corrected chi connectivity index (χ4v) is 2.79. The lowest BCUT2D eigenvalue weighted by Gasteiger charge is -2.22. The first-order valence-electron chi connectivity index (χ1n) is 6.67. The Morgan fingerprint density at radius 3 is 2.29 bits per heavy atom. The minimum absolute atomic E-state index is 0.0287. The van der Waals surface area contributed by atoms with E-state index in [0.717, 1.165) is 5.56 Å². The summed E-state index contributed by atoms with van der Waals surface area (Å²) in [5.41, 5.74) is 1.17. The van der Waals surface area contributed by atoms with Gasteiger partial charge < -0.3 is 19.3 Å². The summed E-state index contributed by atoms with van der Waals surface area (Å²) in [5.74, 6) is 0.376. The minimum atomic E-state index is -1.36. The molecule has 118 valence electrons. The lowest BCUT2D eigenvalue weighted by atomic mass is 9.92. The zero-order valence-corrected chi connectivity index (χ0v) is 14.5. The highest BCUT2D eigenvalue weighted by molar-refractivity contribution is 9.10. The molecule has 1 rings (SSSR count). The van der Waals surface area contributed by atoms with Gasteiger partial charge in [-0.2, -0.15) is 0 Å². The van der Waals surface area contributed by atoms with Crippen molar-refractivity contribution in [2.24, 2.45) is 0 Å². The van der Waals surface area contributed by atoms with Gasteiger partial charge in [0.2, 0.25) is 0 Å². The van der Waals surface area contributed by atoms with Gasteiger partial charge in [0.05, 0.1) is 25.3 Å². The molecule has 21 heavy (non-hydrogen) atoms. The maximum atomic E-state index is 11.8. The molecule has 1 unspecified atom stereocenters. The Hall–Kier alpha value is -1.27. The van der Waals surface area contributed by atoms with Crippen LogP contribution in [0.15, 0.2) is 10.5 Å². The molecule has 0 aromatic heterocycles. The molecule has 0 fully saturated rings. The van der Waals surface area contributed by atoms with E-state index in [1.54, 1.807) is 13.0 Å². The Morgan fingerprint density at radius 1 is 1.29 bits per heavy atom. The van der Waals surface area contributed by atoms with Crippen LogP contribution in [0.25, 0.3) is 0 Å². The number of halogens is 1. The number of hydrogen-bond acceptors (Lipinski definition) is 5. The minimum Gasteiger partial charge on any atom is -0.493 e. The fourth-order valence-electron chi connectivity index (χ4n) is 2.20. The molecule has 0 saturated heterocycles. The first-order valence-corrected chi connectivity index (χ1v) is 7.47. The second-order valence-electron chi connectivity index (χ2n) is 4.74. The van der Waals surface area contributed by atoms with E-state index in [4.69, 9.17) is 14.2 Å². The van der Waals surface area contributed by atoms with E-state index in [9.17, 15) is 9.90 Å². The van der Waals surface area contributed by atoms with Gasteiger partial charge in [0, 0.05) is 11.1 Å². The third-order valence-electron chi connectivity index (χ3n) is 3.05. The van der Waals surface area contributed by atoms with E-state index in [2.05, 4.69) is 15.9 Å². The molecule has 0 aliphatic rings. The number of methoxy groups -OCH3 is 2. The van der Waals surface area contributed by atoms with Crippen molar-refractivity contribution >= 4 is 21.9 Å². The Bertz CT molecular complexity index is 513. The molecule has 0 heterocycles. The van der Waals surface area contributed by atoms with Crippen LogP contribution in [0.4, 0.5) is 0 Å². The summed E-state index contributed by atoms with van der Waals surface area (Å²) in [4.78, 5) is 11.8. The quantitative estimate of drug-likeness (QED) is 0.789. The van der Waals surface area contributed by atoms with Gasteiger partial charge in [-0.05, 0) is 34.8 Å². The van der Waals surface area contributed by atoms with Crippen molar-refractivity contribution in [2.75, 3.05) is 20.8 Å². The molecule has 0 aliphatic carbocycles. The van der Waals surface area contributed by atoms with Crippen LogP contribution in [-0.4, -0.2) is 31.9 Å². The zero-order chi connectivity index (χ0) is 16.2. The Morgan fingerprint density at radius 2 is 1.86 bits per heavy atom. The molecule has 6 heteroatoms. The molecular formula is C15H21BrO5. The highest BCUT2D eigenvalue weighted by atomic mass is 79.9. The second kappa shape index (κ2) is 7.66. The van der Waals surface area contributed by atoms with Gasteiger partial charge in [-0.15, -0.1) is 0 Å². The third kappa shape index (κ3) is 3.68. The summed E-state index contributed by atoms with van der Waals surface area (Å²) in [5, 5.41) is 10.3. The van der Waals surface area contributed by atoms with E-state index >= 15 is 0 Å². The first-order chi connectivity index (χ1) is 9.88. The van der Waals surface area contributed by atoms with Crippen LogP contribution in [0.2, 0.25) is 0 Å². The topological polar surface area (TPSA) is 65.0 Å². The van der Waals surface area contributed by atoms with Gasteiger partial charge in [0.25, 0.3) is 0 Å². The number of aliphatic hydroxyl groups excluding tert-OH is 1. The summed E-state index contributed by atoms with van der Waals surface area (Å²) < 4.78 is 16.2. The SMILES string of the molecule is CCOC(=O)C(O)c1cc(Br)c(OC)c(OC)c1C(C)C. The average Bonchev–Trinajstić information content (AvgIpc) is 2.44. The van der Waals surface area contributed by atoms with Crippen LogP contribution >= 0.6 is 15.9 Å². The molecule has 0 aliphatic heterocycles. The van der Waals surface area contributed by atoms with Gasteiger partial charge in [0.15, 0.2) is 17.6 Å². The molecule has 0 radical (unpaired) electrons. The van der Waals surface area contributed by atoms with Gasteiger partial charge in [0.1, 0.15) is 0 Å². The molecule has 0 amide bonds.